The maximum atomic E-state index is 12.2. The maximum Gasteiger partial charge on any atom is 0.362 e. The van der Waals surface area contributed by atoms with Gasteiger partial charge in [0.05, 0.1) is 18.3 Å². The van der Waals surface area contributed by atoms with Crippen molar-refractivity contribution in [2.24, 2.45) is 16.6 Å². The number of β-lactam (4-membered cyclic amide) rings is 1. The van der Waals surface area contributed by atoms with Crippen LogP contribution in [0.25, 0.3) is 0 Å². The molecule has 140 valence electrons. The lowest BCUT2D eigenvalue weighted by molar-refractivity contribution is -0.147. The lowest BCUT2D eigenvalue weighted by atomic mass is 9.98. The second-order valence-electron chi connectivity index (χ2n) is 5.10. The standard InChI is InChI=1S/C11H17N5O7S2/c1-5-8(10(19)16(5)25(20,21)22)15-6(4-24-11(15)13)7(9(12)18)14-23-3-2-17/h4-5,8,11,17H,2-3,13H2,1H3,(H2,12,18)(H,20,21,22). The number of amides is 2. The molecule has 0 aliphatic carbocycles. The number of aliphatic hydroxyl groups is 1. The third-order valence-corrected chi connectivity index (χ3v) is 5.41. The van der Waals surface area contributed by atoms with E-state index in [0.717, 1.165) is 11.8 Å². The minimum atomic E-state index is -4.70. The van der Waals surface area contributed by atoms with E-state index in [2.05, 4.69) is 5.16 Å². The highest BCUT2D eigenvalue weighted by molar-refractivity contribution is 8.02. The van der Waals surface area contributed by atoms with E-state index in [4.69, 9.17) is 26.0 Å². The zero-order valence-electron chi connectivity index (χ0n) is 13.0. The van der Waals surface area contributed by atoms with Crippen LogP contribution in [0.3, 0.4) is 0 Å². The summed E-state index contributed by atoms with van der Waals surface area (Å²) < 4.78 is 31.8. The monoisotopic (exact) mass is 395 g/mol. The summed E-state index contributed by atoms with van der Waals surface area (Å²) in [5.74, 6) is -1.87. The van der Waals surface area contributed by atoms with Crippen molar-refractivity contribution in [1.82, 2.24) is 9.21 Å². The van der Waals surface area contributed by atoms with E-state index in [1.165, 1.54) is 17.2 Å². The fraction of sp³-hybridized carbons (Fsp3) is 0.545. The molecule has 1 saturated heterocycles. The Balaban J connectivity index is 2.31. The van der Waals surface area contributed by atoms with E-state index in [-0.39, 0.29) is 24.6 Å². The molecule has 2 amide bonds. The molecule has 2 heterocycles. The highest BCUT2D eigenvalue weighted by Crippen LogP contribution is 2.38. The molecular weight excluding hydrogens is 378 g/mol. The molecular formula is C11H17N5O7S2. The molecule has 2 rings (SSSR count). The fourth-order valence-corrected chi connectivity index (χ4v) is 4.26. The lowest BCUT2D eigenvalue weighted by Gasteiger charge is -2.48. The Kier molecular flexibility index (Phi) is 5.58. The Morgan fingerprint density at radius 3 is 2.64 bits per heavy atom. The second-order valence-corrected chi connectivity index (χ2v) is 7.38. The van der Waals surface area contributed by atoms with Gasteiger partial charge in [0.25, 0.3) is 11.8 Å². The third-order valence-electron chi connectivity index (χ3n) is 3.53. The Morgan fingerprint density at radius 2 is 2.16 bits per heavy atom. The lowest BCUT2D eigenvalue weighted by Crippen LogP contribution is -2.72. The van der Waals surface area contributed by atoms with Gasteiger partial charge in [-0.2, -0.15) is 8.42 Å². The number of rotatable bonds is 7. The molecule has 0 aromatic heterocycles. The highest BCUT2D eigenvalue weighted by Gasteiger charge is 2.56. The molecule has 0 radical (unpaired) electrons. The van der Waals surface area contributed by atoms with Crippen LogP contribution >= 0.6 is 11.8 Å². The van der Waals surface area contributed by atoms with Crippen LogP contribution < -0.4 is 11.5 Å². The highest BCUT2D eigenvalue weighted by atomic mass is 32.2. The van der Waals surface area contributed by atoms with E-state index in [1.807, 2.05) is 0 Å². The summed E-state index contributed by atoms with van der Waals surface area (Å²) in [6.45, 7) is 0.878. The number of nitrogens with two attached hydrogens (primary N) is 2. The van der Waals surface area contributed by atoms with E-state index in [0.29, 0.717) is 4.31 Å². The molecule has 0 spiro atoms. The van der Waals surface area contributed by atoms with Crippen molar-refractivity contribution in [2.45, 2.75) is 24.5 Å². The van der Waals surface area contributed by atoms with Gasteiger partial charge in [-0.15, -0.1) is 0 Å². The Hall–Kier alpha value is -1.87. The van der Waals surface area contributed by atoms with E-state index >= 15 is 0 Å². The predicted molar refractivity (Wildman–Crippen MR) is 86.8 cm³/mol. The molecule has 3 atom stereocenters. The zero-order chi connectivity index (χ0) is 18.9. The maximum absolute atomic E-state index is 12.2. The average molecular weight is 395 g/mol. The van der Waals surface area contributed by atoms with Crippen LogP contribution in [0.5, 0.6) is 0 Å². The number of primary amides is 1. The number of oxime groups is 1. The number of carbonyl (C=O) groups excluding carboxylic acids is 2. The fourth-order valence-electron chi connectivity index (χ4n) is 2.51. The molecule has 25 heavy (non-hydrogen) atoms. The topological polar surface area (TPSA) is 189 Å². The van der Waals surface area contributed by atoms with Crippen molar-refractivity contribution in [3.63, 3.8) is 0 Å². The van der Waals surface area contributed by atoms with Crippen LogP contribution in [0, 0.1) is 0 Å². The van der Waals surface area contributed by atoms with Crippen LogP contribution in [-0.4, -0.2) is 75.6 Å². The summed E-state index contributed by atoms with van der Waals surface area (Å²) in [5, 5.41) is 13.7. The molecule has 0 bridgehead atoms. The summed E-state index contributed by atoms with van der Waals surface area (Å²) in [7, 11) is -4.70. The quantitative estimate of drug-likeness (QED) is 0.117. The van der Waals surface area contributed by atoms with Gasteiger partial charge in [0.2, 0.25) is 0 Å². The van der Waals surface area contributed by atoms with Gasteiger partial charge in [-0.25, -0.2) is 4.31 Å². The normalized spacial score (nSPS) is 27.2. The van der Waals surface area contributed by atoms with Crippen molar-refractivity contribution in [2.75, 3.05) is 13.2 Å². The van der Waals surface area contributed by atoms with E-state index < -0.39 is 39.7 Å². The summed E-state index contributed by atoms with van der Waals surface area (Å²) in [6.07, 6.45) is 0. The number of hydrogen-bond acceptors (Lipinski definition) is 10. The first-order chi connectivity index (χ1) is 11.6. The second kappa shape index (κ2) is 7.17. The van der Waals surface area contributed by atoms with Gasteiger partial charge in [-0.1, -0.05) is 16.9 Å². The first kappa shape index (κ1) is 19.5. The molecule has 2 aliphatic heterocycles. The van der Waals surface area contributed by atoms with Gasteiger partial charge in [-0.05, 0) is 6.92 Å². The SMILES string of the molecule is CC1C(N2C(C(=NOCCO)C(N)=O)=CSC2N)C(=O)N1S(=O)(=O)O. The van der Waals surface area contributed by atoms with Gasteiger partial charge in [0.15, 0.2) is 5.71 Å². The number of nitrogens with zero attached hydrogens (tertiary/aromatic N) is 3. The van der Waals surface area contributed by atoms with Crippen LogP contribution in [0.1, 0.15) is 6.92 Å². The van der Waals surface area contributed by atoms with Crippen LogP contribution in [0.2, 0.25) is 0 Å². The van der Waals surface area contributed by atoms with Gasteiger partial charge in [0, 0.05) is 5.41 Å². The van der Waals surface area contributed by atoms with Crippen molar-refractivity contribution in [3.05, 3.63) is 11.1 Å². The van der Waals surface area contributed by atoms with Gasteiger partial charge >= 0.3 is 10.3 Å². The summed E-state index contributed by atoms with van der Waals surface area (Å²) in [6, 6.07) is -1.97. The minimum absolute atomic E-state index is 0.0862. The van der Waals surface area contributed by atoms with Crippen molar-refractivity contribution in [1.29, 1.82) is 0 Å². The molecule has 14 heteroatoms. The molecule has 6 N–H and O–H groups in total. The predicted octanol–water partition coefficient (Wildman–Crippen LogP) is -2.63. The third kappa shape index (κ3) is 3.57. The summed E-state index contributed by atoms with van der Waals surface area (Å²) in [5.41, 5.74) is 10.1. The number of carbonyl (C=O) groups is 2. The Bertz CT molecular complexity index is 737. The van der Waals surface area contributed by atoms with Crippen molar-refractivity contribution in [3.8, 4) is 0 Å². The smallest absolute Gasteiger partial charge is 0.362 e. The molecule has 0 aromatic carbocycles. The van der Waals surface area contributed by atoms with Crippen LogP contribution in [0.4, 0.5) is 0 Å². The molecule has 3 unspecified atom stereocenters. The van der Waals surface area contributed by atoms with Crippen molar-refractivity contribution >= 4 is 39.6 Å². The molecule has 0 saturated carbocycles. The van der Waals surface area contributed by atoms with Crippen LogP contribution in [0.15, 0.2) is 16.3 Å². The van der Waals surface area contributed by atoms with Gasteiger partial charge in [-0.3, -0.25) is 14.1 Å². The number of aliphatic hydroxyl groups excluding tert-OH is 1. The largest absolute Gasteiger partial charge is 0.393 e. The number of thioether (sulfide) groups is 1. The average Bonchev–Trinajstić information content (AvgIpc) is 2.83. The molecule has 2 aliphatic rings. The van der Waals surface area contributed by atoms with Gasteiger partial charge in [0.1, 0.15) is 18.1 Å². The summed E-state index contributed by atoms with van der Waals surface area (Å²) >= 11 is 1.05. The molecule has 12 nitrogen and oxygen atoms in total. The molecule has 1 fully saturated rings. The first-order valence-corrected chi connectivity index (χ1v) is 9.26. The van der Waals surface area contributed by atoms with E-state index in [9.17, 15) is 18.0 Å². The first-order valence-electron chi connectivity index (χ1n) is 6.92. The molecule has 0 aromatic rings. The van der Waals surface area contributed by atoms with Crippen LogP contribution in [-0.2, 0) is 24.7 Å². The zero-order valence-corrected chi connectivity index (χ0v) is 14.6. The van der Waals surface area contributed by atoms with Crippen molar-refractivity contribution < 1.29 is 32.5 Å². The minimum Gasteiger partial charge on any atom is -0.393 e. The Morgan fingerprint density at radius 1 is 1.52 bits per heavy atom. The number of hydrogen-bond donors (Lipinski definition) is 4. The van der Waals surface area contributed by atoms with Gasteiger partial charge < -0.3 is 26.3 Å². The van der Waals surface area contributed by atoms with E-state index in [1.54, 1.807) is 0 Å². The summed E-state index contributed by atoms with van der Waals surface area (Å²) in [4.78, 5) is 29.9. The Labute approximate surface area is 147 Å².